The Kier molecular flexibility index (Phi) is 4.18. The van der Waals surface area contributed by atoms with Crippen LogP contribution in [-0.4, -0.2) is 42.5 Å². The van der Waals surface area contributed by atoms with Gasteiger partial charge < -0.3 is 16.0 Å². The summed E-state index contributed by atoms with van der Waals surface area (Å²) in [5.74, 6) is 0.176. The third-order valence-electron chi connectivity index (χ3n) is 3.57. The second kappa shape index (κ2) is 5.64. The third-order valence-corrected chi connectivity index (χ3v) is 3.57. The van der Waals surface area contributed by atoms with Crippen LogP contribution < -0.4 is 11.1 Å². The molecule has 0 radical (unpaired) electrons. The van der Waals surface area contributed by atoms with E-state index in [9.17, 15) is 4.79 Å². The first-order chi connectivity index (χ1) is 7.79. The molecule has 1 saturated heterocycles. The number of hydrogen-bond acceptors (Lipinski definition) is 3. The summed E-state index contributed by atoms with van der Waals surface area (Å²) in [6, 6.07) is 1.27. The van der Waals surface area contributed by atoms with Gasteiger partial charge >= 0.3 is 0 Å². The summed E-state index contributed by atoms with van der Waals surface area (Å²) in [6.07, 6.45) is 6.38. The Morgan fingerprint density at radius 2 is 1.94 bits per heavy atom. The lowest BCUT2D eigenvalue weighted by Gasteiger charge is -2.32. The molecule has 16 heavy (non-hydrogen) atoms. The number of nitrogens with two attached hydrogens (primary N) is 1. The molecule has 1 heterocycles. The van der Waals surface area contributed by atoms with Crippen molar-refractivity contribution in [1.29, 1.82) is 0 Å². The molecule has 0 aromatic rings. The van der Waals surface area contributed by atoms with E-state index in [1.165, 1.54) is 12.8 Å². The van der Waals surface area contributed by atoms with Crippen LogP contribution in [0.15, 0.2) is 0 Å². The highest BCUT2D eigenvalue weighted by atomic mass is 16.1. The van der Waals surface area contributed by atoms with Crippen molar-refractivity contribution < 1.29 is 4.79 Å². The van der Waals surface area contributed by atoms with Crippen molar-refractivity contribution in [1.82, 2.24) is 10.2 Å². The van der Waals surface area contributed by atoms with Gasteiger partial charge in [0.05, 0.1) is 0 Å². The van der Waals surface area contributed by atoms with Crippen LogP contribution in [0.1, 0.15) is 38.5 Å². The summed E-state index contributed by atoms with van der Waals surface area (Å²) in [4.78, 5) is 14.1. The number of carbonyl (C=O) groups excluding carboxylic acids is 1. The highest BCUT2D eigenvalue weighted by molar-refractivity contribution is 5.76. The lowest BCUT2D eigenvalue weighted by atomic mass is 10.0. The SMILES string of the molecule is NCCCC(=O)NC1CCN(C2CC2)CC1. The van der Waals surface area contributed by atoms with Gasteiger partial charge in [0.15, 0.2) is 0 Å². The van der Waals surface area contributed by atoms with Gasteiger partial charge in [-0.05, 0) is 38.6 Å². The quantitative estimate of drug-likeness (QED) is 0.715. The van der Waals surface area contributed by atoms with Crippen molar-refractivity contribution >= 4 is 5.91 Å². The van der Waals surface area contributed by atoms with E-state index in [0.29, 0.717) is 19.0 Å². The van der Waals surface area contributed by atoms with Gasteiger partial charge in [0.1, 0.15) is 0 Å². The smallest absolute Gasteiger partial charge is 0.220 e. The molecule has 0 aromatic carbocycles. The van der Waals surface area contributed by atoms with Gasteiger partial charge in [0, 0.05) is 31.6 Å². The molecule has 1 saturated carbocycles. The molecule has 1 aliphatic heterocycles. The number of carbonyl (C=O) groups is 1. The van der Waals surface area contributed by atoms with Crippen LogP contribution in [0, 0.1) is 0 Å². The maximum absolute atomic E-state index is 11.5. The number of likely N-dealkylation sites (tertiary alicyclic amines) is 1. The maximum Gasteiger partial charge on any atom is 0.220 e. The highest BCUT2D eigenvalue weighted by Crippen LogP contribution is 2.29. The first kappa shape index (κ1) is 11.9. The Bertz CT molecular complexity index is 232. The molecule has 4 nitrogen and oxygen atoms in total. The minimum Gasteiger partial charge on any atom is -0.353 e. The van der Waals surface area contributed by atoms with Crippen LogP contribution in [0.2, 0.25) is 0 Å². The molecule has 2 rings (SSSR count). The molecule has 0 aromatic heterocycles. The Morgan fingerprint density at radius 1 is 1.25 bits per heavy atom. The number of hydrogen-bond donors (Lipinski definition) is 2. The molecule has 0 bridgehead atoms. The predicted molar refractivity (Wildman–Crippen MR) is 64.0 cm³/mol. The van der Waals surface area contributed by atoms with E-state index in [1.807, 2.05) is 0 Å². The first-order valence-electron chi connectivity index (χ1n) is 6.53. The predicted octanol–water partition coefficient (Wildman–Crippen LogP) is 0.468. The number of rotatable bonds is 5. The Morgan fingerprint density at radius 3 is 2.50 bits per heavy atom. The highest BCUT2D eigenvalue weighted by Gasteiger charge is 2.31. The number of nitrogens with one attached hydrogen (secondary N) is 1. The van der Waals surface area contributed by atoms with E-state index in [0.717, 1.165) is 38.4 Å². The standard InChI is InChI=1S/C12H23N3O/c13-7-1-2-12(16)14-10-5-8-15(9-6-10)11-3-4-11/h10-11H,1-9,13H2,(H,14,16). The summed E-state index contributed by atoms with van der Waals surface area (Å²) >= 11 is 0. The maximum atomic E-state index is 11.5. The molecule has 1 amide bonds. The van der Waals surface area contributed by atoms with Crippen molar-refractivity contribution in [3.63, 3.8) is 0 Å². The zero-order valence-electron chi connectivity index (χ0n) is 9.95. The van der Waals surface area contributed by atoms with E-state index in [2.05, 4.69) is 10.2 Å². The van der Waals surface area contributed by atoms with Gasteiger partial charge in [-0.3, -0.25) is 4.79 Å². The fourth-order valence-electron chi connectivity index (χ4n) is 2.41. The minimum absolute atomic E-state index is 0.176. The summed E-state index contributed by atoms with van der Waals surface area (Å²) in [6.45, 7) is 2.92. The fourth-order valence-corrected chi connectivity index (χ4v) is 2.41. The van der Waals surface area contributed by atoms with Crippen LogP contribution in [-0.2, 0) is 4.79 Å². The van der Waals surface area contributed by atoms with Crippen molar-refractivity contribution in [2.75, 3.05) is 19.6 Å². The zero-order valence-corrected chi connectivity index (χ0v) is 9.95. The van der Waals surface area contributed by atoms with E-state index >= 15 is 0 Å². The van der Waals surface area contributed by atoms with Gasteiger partial charge in [0.25, 0.3) is 0 Å². The van der Waals surface area contributed by atoms with Crippen LogP contribution in [0.5, 0.6) is 0 Å². The summed E-state index contributed by atoms with van der Waals surface area (Å²) < 4.78 is 0. The average molecular weight is 225 g/mol. The number of amides is 1. The van der Waals surface area contributed by atoms with Gasteiger partial charge in [-0.1, -0.05) is 0 Å². The summed E-state index contributed by atoms with van der Waals surface area (Å²) in [7, 11) is 0. The molecule has 3 N–H and O–H groups in total. The van der Waals surface area contributed by atoms with Crippen LogP contribution in [0.3, 0.4) is 0 Å². The molecular weight excluding hydrogens is 202 g/mol. The molecule has 92 valence electrons. The molecule has 4 heteroatoms. The number of nitrogens with zero attached hydrogens (tertiary/aromatic N) is 1. The molecule has 0 atom stereocenters. The van der Waals surface area contributed by atoms with Crippen molar-refractivity contribution in [3.05, 3.63) is 0 Å². The van der Waals surface area contributed by atoms with Gasteiger partial charge in [-0.25, -0.2) is 0 Å². The second-order valence-corrected chi connectivity index (χ2v) is 5.00. The van der Waals surface area contributed by atoms with Crippen molar-refractivity contribution in [3.8, 4) is 0 Å². The molecule has 2 aliphatic rings. The minimum atomic E-state index is 0.176. The molecule has 0 unspecified atom stereocenters. The second-order valence-electron chi connectivity index (χ2n) is 5.00. The van der Waals surface area contributed by atoms with Crippen molar-refractivity contribution in [2.24, 2.45) is 5.73 Å². The van der Waals surface area contributed by atoms with Gasteiger partial charge in [-0.15, -0.1) is 0 Å². The molecular formula is C12H23N3O. The third kappa shape index (κ3) is 3.46. The zero-order chi connectivity index (χ0) is 11.4. The normalized spacial score (nSPS) is 23.3. The van der Waals surface area contributed by atoms with Crippen LogP contribution in [0.25, 0.3) is 0 Å². The largest absolute Gasteiger partial charge is 0.353 e. The van der Waals surface area contributed by atoms with Crippen LogP contribution in [0.4, 0.5) is 0 Å². The van der Waals surface area contributed by atoms with E-state index in [4.69, 9.17) is 5.73 Å². The Hall–Kier alpha value is -0.610. The fraction of sp³-hybridized carbons (Fsp3) is 0.917. The van der Waals surface area contributed by atoms with Gasteiger partial charge in [-0.2, -0.15) is 0 Å². The summed E-state index contributed by atoms with van der Waals surface area (Å²) in [5.41, 5.74) is 5.38. The molecule has 2 fully saturated rings. The lowest BCUT2D eigenvalue weighted by Crippen LogP contribution is -2.45. The Labute approximate surface area is 97.6 Å². The topological polar surface area (TPSA) is 58.4 Å². The number of piperidine rings is 1. The van der Waals surface area contributed by atoms with E-state index in [-0.39, 0.29) is 5.91 Å². The molecule has 0 spiro atoms. The van der Waals surface area contributed by atoms with Crippen LogP contribution >= 0.6 is 0 Å². The molecule has 1 aliphatic carbocycles. The monoisotopic (exact) mass is 225 g/mol. The first-order valence-corrected chi connectivity index (χ1v) is 6.53. The average Bonchev–Trinajstić information content (AvgIpc) is 3.11. The Balaban J connectivity index is 1.62. The summed E-state index contributed by atoms with van der Waals surface area (Å²) in [5, 5.41) is 3.11. The van der Waals surface area contributed by atoms with Crippen molar-refractivity contribution in [2.45, 2.75) is 50.6 Å². The lowest BCUT2D eigenvalue weighted by molar-refractivity contribution is -0.122. The van der Waals surface area contributed by atoms with Gasteiger partial charge in [0.2, 0.25) is 5.91 Å². The van der Waals surface area contributed by atoms with E-state index in [1.54, 1.807) is 0 Å². The van der Waals surface area contributed by atoms with E-state index < -0.39 is 0 Å².